The molecule has 3 aromatic carbocycles. The number of carbonyl (C=O) groups is 3. The Labute approximate surface area is 197 Å². The fraction of sp³-hybridized carbons (Fsp3) is 0.222. The molecule has 0 atom stereocenters. The van der Waals surface area contributed by atoms with Crippen molar-refractivity contribution in [1.29, 1.82) is 0 Å². The van der Waals surface area contributed by atoms with Crippen molar-refractivity contribution >= 4 is 40.3 Å². The lowest BCUT2D eigenvalue weighted by atomic mass is 9.92. The predicted octanol–water partition coefficient (Wildman–Crippen LogP) is 3.53. The van der Waals surface area contributed by atoms with Gasteiger partial charge in [-0.3, -0.25) is 14.5 Å². The molecule has 2 amide bonds. The average Bonchev–Trinajstić information content (AvgIpc) is 2.88. The molecule has 7 heteroatoms. The molecule has 1 fully saturated rings. The predicted molar refractivity (Wildman–Crippen MR) is 129 cm³/mol. The van der Waals surface area contributed by atoms with E-state index in [9.17, 15) is 14.4 Å². The Morgan fingerprint density at radius 1 is 0.912 bits per heavy atom. The van der Waals surface area contributed by atoms with Gasteiger partial charge in [0.2, 0.25) is 0 Å². The molecule has 7 nitrogen and oxygen atoms in total. The van der Waals surface area contributed by atoms with Gasteiger partial charge in [-0.05, 0) is 29.8 Å². The van der Waals surface area contributed by atoms with Crippen molar-refractivity contribution in [3.05, 3.63) is 83.4 Å². The number of esters is 1. The summed E-state index contributed by atoms with van der Waals surface area (Å²) in [4.78, 5) is 41.8. The summed E-state index contributed by atoms with van der Waals surface area (Å²) in [5, 5.41) is 1.57. The number of carbonyl (C=O) groups excluding carboxylic acids is 3. The second-order valence-electron chi connectivity index (χ2n) is 8.13. The van der Waals surface area contributed by atoms with Gasteiger partial charge in [-0.2, -0.15) is 0 Å². The van der Waals surface area contributed by atoms with Gasteiger partial charge in [0.25, 0.3) is 11.8 Å². The third kappa shape index (κ3) is 4.18. The number of rotatable bonds is 6. The standard InChI is InChI=1S/C27H24N2O5/c30-24(12-9-19-5-2-1-3-6-19)34-18-15-29-26(31)21-8-4-7-20-23(28-13-16-33-17-14-28)11-10-22(25(20)21)27(29)32/h1-12H,13-18H2/b12-9+. The molecule has 0 spiro atoms. The van der Waals surface area contributed by atoms with E-state index in [4.69, 9.17) is 9.47 Å². The molecule has 2 aliphatic rings. The van der Waals surface area contributed by atoms with E-state index in [0.717, 1.165) is 34.6 Å². The van der Waals surface area contributed by atoms with Crippen molar-refractivity contribution in [2.75, 3.05) is 44.4 Å². The minimum Gasteiger partial charge on any atom is -0.461 e. The number of morpholine rings is 1. The molecule has 34 heavy (non-hydrogen) atoms. The van der Waals surface area contributed by atoms with Crippen molar-refractivity contribution in [1.82, 2.24) is 4.90 Å². The monoisotopic (exact) mass is 456 g/mol. The summed E-state index contributed by atoms with van der Waals surface area (Å²) in [7, 11) is 0. The van der Waals surface area contributed by atoms with Crippen LogP contribution in [-0.4, -0.2) is 62.1 Å². The fourth-order valence-electron chi connectivity index (χ4n) is 4.43. The molecule has 1 saturated heterocycles. The van der Waals surface area contributed by atoms with Gasteiger partial charge in [-0.1, -0.05) is 42.5 Å². The third-order valence-corrected chi connectivity index (χ3v) is 6.09. The Morgan fingerprint density at radius 2 is 1.65 bits per heavy atom. The number of anilines is 1. The highest BCUT2D eigenvalue weighted by atomic mass is 16.5. The van der Waals surface area contributed by atoms with Crippen LogP contribution in [0, 0.1) is 0 Å². The first-order valence-electron chi connectivity index (χ1n) is 11.3. The summed E-state index contributed by atoms with van der Waals surface area (Å²) >= 11 is 0. The lowest BCUT2D eigenvalue weighted by Crippen LogP contribution is -2.42. The number of imide groups is 1. The maximum absolute atomic E-state index is 13.2. The Hall–Kier alpha value is -3.97. The zero-order chi connectivity index (χ0) is 23.5. The van der Waals surface area contributed by atoms with Crippen LogP contribution in [0.5, 0.6) is 0 Å². The first kappa shape index (κ1) is 21.9. The first-order chi connectivity index (χ1) is 16.6. The molecule has 2 heterocycles. The Balaban J connectivity index is 1.32. The quantitative estimate of drug-likeness (QED) is 0.321. The number of ether oxygens (including phenoxy) is 2. The molecule has 0 N–H and O–H groups in total. The van der Waals surface area contributed by atoms with Crippen molar-refractivity contribution in [2.45, 2.75) is 0 Å². The highest BCUT2D eigenvalue weighted by molar-refractivity contribution is 6.26. The maximum atomic E-state index is 13.2. The minimum absolute atomic E-state index is 0.0103. The molecule has 0 saturated carbocycles. The smallest absolute Gasteiger partial charge is 0.330 e. The summed E-state index contributed by atoms with van der Waals surface area (Å²) < 4.78 is 10.7. The Kier molecular flexibility index (Phi) is 6.10. The molecule has 0 unspecified atom stereocenters. The number of hydrogen-bond donors (Lipinski definition) is 0. The second kappa shape index (κ2) is 9.49. The molecule has 2 aliphatic heterocycles. The average molecular weight is 456 g/mol. The molecule has 5 rings (SSSR count). The number of benzene rings is 3. The zero-order valence-electron chi connectivity index (χ0n) is 18.6. The topological polar surface area (TPSA) is 76.2 Å². The molecule has 0 aliphatic carbocycles. The van der Waals surface area contributed by atoms with Crippen LogP contribution in [0.2, 0.25) is 0 Å². The maximum Gasteiger partial charge on any atom is 0.330 e. The molecular formula is C27H24N2O5. The van der Waals surface area contributed by atoms with Gasteiger partial charge < -0.3 is 14.4 Å². The van der Waals surface area contributed by atoms with Crippen LogP contribution in [0.4, 0.5) is 5.69 Å². The van der Waals surface area contributed by atoms with Crippen molar-refractivity contribution in [3.63, 3.8) is 0 Å². The number of nitrogens with zero attached hydrogens (tertiary/aromatic N) is 2. The van der Waals surface area contributed by atoms with E-state index in [2.05, 4.69) is 4.90 Å². The Morgan fingerprint density at radius 3 is 2.41 bits per heavy atom. The summed E-state index contributed by atoms with van der Waals surface area (Å²) in [5.74, 6) is -1.28. The van der Waals surface area contributed by atoms with Crippen molar-refractivity contribution in [2.24, 2.45) is 0 Å². The van der Waals surface area contributed by atoms with Crippen LogP contribution in [0.15, 0.2) is 66.7 Å². The van der Waals surface area contributed by atoms with Crippen LogP contribution in [0.3, 0.4) is 0 Å². The van der Waals surface area contributed by atoms with Crippen molar-refractivity contribution in [3.8, 4) is 0 Å². The van der Waals surface area contributed by atoms with Crippen LogP contribution >= 0.6 is 0 Å². The van der Waals surface area contributed by atoms with Crippen LogP contribution in [0.1, 0.15) is 26.3 Å². The SMILES string of the molecule is O=C(/C=C/c1ccccc1)OCCN1C(=O)c2cccc3c(N4CCOCC4)ccc(c23)C1=O. The lowest BCUT2D eigenvalue weighted by molar-refractivity contribution is -0.137. The summed E-state index contributed by atoms with van der Waals surface area (Å²) in [6.45, 7) is 2.73. The van der Waals surface area contributed by atoms with Gasteiger partial charge >= 0.3 is 5.97 Å². The van der Waals surface area contributed by atoms with Gasteiger partial charge in [0.1, 0.15) is 6.61 Å². The zero-order valence-corrected chi connectivity index (χ0v) is 18.6. The van der Waals surface area contributed by atoms with E-state index < -0.39 is 5.97 Å². The second-order valence-corrected chi connectivity index (χ2v) is 8.13. The first-order valence-corrected chi connectivity index (χ1v) is 11.3. The molecule has 0 bridgehead atoms. The summed E-state index contributed by atoms with van der Waals surface area (Å²) in [5.41, 5.74) is 2.84. The van der Waals surface area contributed by atoms with E-state index in [-0.39, 0.29) is 25.0 Å². The van der Waals surface area contributed by atoms with Gasteiger partial charge in [-0.15, -0.1) is 0 Å². The summed E-state index contributed by atoms with van der Waals surface area (Å²) in [6, 6.07) is 18.6. The highest BCUT2D eigenvalue weighted by Crippen LogP contribution is 2.36. The van der Waals surface area contributed by atoms with E-state index in [0.29, 0.717) is 29.7 Å². The number of hydrogen-bond acceptors (Lipinski definition) is 6. The van der Waals surface area contributed by atoms with Gasteiger partial charge in [-0.25, -0.2) is 4.79 Å². The molecule has 172 valence electrons. The fourth-order valence-corrected chi connectivity index (χ4v) is 4.43. The van der Waals surface area contributed by atoms with Gasteiger partial charge in [0.15, 0.2) is 0 Å². The van der Waals surface area contributed by atoms with Crippen LogP contribution in [-0.2, 0) is 14.3 Å². The van der Waals surface area contributed by atoms with E-state index in [1.54, 1.807) is 18.2 Å². The molecule has 3 aromatic rings. The van der Waals surface area contributed by atoms with Crippen molar-refractivity contribution < 1.29 is 23.9 Å². The Bertz CT molecular complexity index is 1260. The van der Waals surface area contributed by atoms with E-state index in [1.807, 2.05) is 48.5 Å². The van der Waals surface area contributed by atoms with Gasteiger partial charge in [0, 0.05) is 46.8 Å². The number of amides is 2. The van der Waals surface area contributed by atoms with Crippen LogP contribution < -0.4 is 4.90 Å². The minimum atomic E-state index is -0.529. The molecular weight excluding hydrogens is 432 g/mol. The molecule has 0 radical (unpaired) electrons. The third-order valence-electron chi connectivity index (χ3n) is 6.09. The van der Waals surface area contributed by atoms with E-state index >= 15 is 0 Å². The summed E-state index contributed by atoms with van der Waals surface area (Å²) in [6.07, 6.45) is 2.99. The normalized spacial score (nSPS) is 15.9. The highest BCUT2D eigenvalue weighted by Gasteiger charge is 2.33. The van der Waals surface area contributed by atoms with E-state index in [1.165, 1.54) is 6.08 Å². The molecule has 0 aromatic heterocycles. The van der Waals surface area contributed by atoms with Gasteiger partial charge in [0.05, 0.1) is 19.8 Å². The van der Waals surface area contributed by atoms with Crippen LogP contribution in [0.25, 0.3) is 16.8 Å². The lowest BCUT2D eigenvalue weighted by Gasteiger charge is -2.32. The largest absolute Gasteiger partial charge is 0.461 e.